The van der Waals surface area contributed by atoms with Crippen molar-refractivity contribution in [3.63, 3.8) is 0 Å². The van der Waals surface area contributed by atoms with E-state index < -0.39 is 0 Å². The van der Waals surface area contributed by atoms with Gasteiger partial charge in [0, 0.05) is 38.0 Å². The number of Topliss-reactive ketones (excluding diaryl/α,β-unsaturated/α-hetero) is 1. The summed E-state index contributed by atoms with van der Waals surface area (Å²) in [7, 11) is 3.48. The molecule has 2 rings (SSSR count). The van der Waals surface area contributed by atoms with E-state index in [1.165, 1.54) is 0 Å². The Morgan fingerprint density at radius 1 is 1.44 bits per heavy atom. The predicted molar refractivity (Wildman–Crippen MR) is 60.4 cm³/mol. The van der Waals surface area contributed by atoms with Gasteiger partial charge in [-0.1, -0.05) is 0 Å². The molecule has 0 bridgehead atoms. The number of amides is 1. The maximum Gasteiger partial charge on any atom is 0.241 e. The summed E-state index contributed by atoms with van der Waals surface area (Å²) in [6, 6.07) is 1.83. The van der Waals surface area contributed by atoms with Crippen LogP contribution in [0.2, 0.25) is 0 Å². The largest absolute Gasteiger partial charge is 0.347 e. The lowest BCUT2D eigenvalue weighted by molar-refractivity contribution is -0.129. The lowest BCUT2D eigenvalue weighted by Gasteiger charge is -2.16. The van der Waals surface area contributed by atoms with E-state index >= 15 is 0 Å². The normalized spacial score (nSPS) is 14.8. The summed E-state index contributed by atoms with van der Waals surface area (Å²) in [5.74, 6) is 0.258. The summed E-state index contributed by atoms with van der Waals surface area (Å²) in [5, 5.41) is 0. The number of carbonyl (C=O) groups excluding carboxylic acids is 2. The van der Waals surface area contributed by atoms with Crippen LogP contribution in [0, 0.1) is 0 Å². The Kier molecular flexibility index (Phi) is 2.81. The fourth-order valence-corrected chi connectivity index (χ4v) is 2.02. The zero-order valence-electron chi connectivity index (χ0n) is 9.69. The molecule has 0 radical (unpaired) electrons. The van der Waals surface area contributed by atoms with Crippen molar-refractivity contribution in [2.75, 3.05) is 14.1 Å². The number of aromatic nitrogens is 1. The number of hydrogen-bond donors (Lipinski definition) is 0. The molecular formula is C12H16N2O2. The Balaban J connectivity index is 2.24. The summed E-state index contributed by atoms with van der Waals surface area (Å²) in [4.78, 5) is 24.8. The highest BCUT2D eigenvalue weighted by atomic mass is 16.2. The van der Waals surface area contributed by atoms with Crippen LogP contribution in [0.3, 0.4) is 0 Å². The fourth-order valence-electron chi connectivity index (χ4n) is 2.02. The molecule has 1 aliphatic rings. The number of likely N-dealkylation sites (N-methyl/N-ethyl adjacent to an activating group) is 1. The van der Waals surface area contributed by atoms with Crippen molar-refractivity contribution >= 4 is 11.7 Å². The molecule has 1 aromatic heterocycles. The van der Waals surface area contributed by atoms with E-state index in [-0.39, 0.29) is 11.7 Å². The summed E-state index contributed by atoms with van der Waals surface area (Å²) in [5.41, 5.74) is 1.82. The standard InChI is InChI=1S/C12H16N2O2/c1-13(2)12(16)8-14-7-6-9-10(14)4-3-5-11(9)15/h6-7H,3-5,8H2,1-2H3. The molecular weight excluding hydrogens is 204 g/mol. The zero-order chi connectivity index (χ0) is 11.7. The van der Waals surface area contributed by atoms with Crippen LogP contribution in [-0.4, -0.2) is 35.3 Å². The first-order chi connectivity index (χ1) is 7.59. The van der Waals surface area contributed by atoms with Gasteiger partial charge in [0.25, 0.3) is 0 Å². The second-order valence-corrected chi connectivity index (χ2v) is 4.37. The topological polar surface area (TPSA) is 42.3 Å². The Hall–Kier alpha value is -1.58. The Morgan fingerprint density at radius 2 is 2.19 bits per heavy atom. The van der Waals surface area contributed by atoms with Gasteiger partial charge in [0.05, 0.1) is 0 Å². The van der Waals surface area contributed by atoms with Gasteiger partial charge in [-0.3, -0.25) is 9.59 Å². The summed E-state index contributed by atoms with van der Waals surface area (Å²) < 4.78 is 1.90. The Labute approximate surface area is 94.8 Å². The third kappa shape index (κ3) is 1.87. The van der Waals surface area contributed by atoms with Crippen LogP contribution in [0.4, 0.5) is 0 Å². The number of ketones is 1. The first kappa shape index (κ1) is 10.9. The van der Waals surface area contributed by atoms with Gasteiger partial charge in [-0.25, -0.2) is 0 Å². The molecule has 0 aliphatic heterocycles. The van der Waals surface area contributed by atoms with E-state index in [1.54, 1.807) is 19.0 Å². The first-order valence-electron chi connectivity index (χ1n) is 5.51. The number of fused-ring (bicyclic) bond motifs is 1. The molecule has 0 aromatic carbocycles. The van der Waals surface area contributed by atoms with E-state index in [2.05, 4.69) is 0 Å². The van der Waals surface area contributed by atoms with Crippen molar-refractivity contribution < 1.29 is 9.59 Å². The van der Waals surface area contributed by atoms with Gasteiger partial charge in [-0.15, -0.1) is 0 Å². The maximum atomic E-state index is 11.6. The number of rotatable bonds is 2. The van der Waals surface area contributed by atoms with E-state index in [1.807, 2.05) is 16.8 Å². The van der Waals surface area contributed by atoms with Crippen LogP contribution in [-0.2, 0) is 17.8 Å². The second-order valence-electron chi connectivity index (χ2n) is 4.37. The molecule has 0 spiro atoms. The molecule has 4 nitrogen and oxygen atoms in total. The lowest BCUT2D eigenvalue weighted by atomic mass is 9.97. The third-order valence-corrected chi connectivity index (χ3v) is 3.00. The number of nitrogens with zero attached hydrogens (tertiary/aromatic N) is 2. The fraction of sp³-hybridized carbons (Fsp3) is 0.500. The van der Waals surface area contributed by atoms with Crippen LogP contribution < -0.4 is 0 Å². The predicted octanol–water partition coefficient (Wildman–Crippen LogP) is 1.10. The third-order valence-electron chi connectivity index (χ3n) is 3.00. The summed E-state index contributed by atoms with van der Waals surface area (Å²) in [6.07, 6.45) is 4.27. The molecule has 0 atom stereocenters. The van der Waals surface area contributed by atoms with Crippen LogP contribution >= 0.6 is 0 Å². The van der Waals surface area contributed by atoms with Gasteiger partial charge in [0.15, 0.2) is 5.78 Å². The minimum atomic E-state index is 0.0522. The zero-order valence-corrected chi connectivity index (χ0v) is 9.69. The lowest BCUT2D eigenvalue weighted by Crippen LogP contribution is -2.27. The number of hydrogen-bond acceptors (Lipinski definition) is 2. The average molecular weight is 220 g/mol. The van der Waals surface area contributed by atoms with E-state index in [0.717, 1.165) is 24.1 Å². The Morgan fingerprint density at radius 3 is 2.88 bits per heavy atom. The molecule has 16 heavy (non-hydrogen) atoms. The second kappa shape index (κ2) is 4.12. The minimum absolute atomic E-state index is 0.0522. The van der Waals surface area contributed by atoms with Crippen LogP contribution in [0.15, 0.2) is 12.3 Å². The molecule has 0 saturated carbocycles. The van der Waals surface area contributed by atoms with Gasteiger partial charge < -0.3 is 9.47 Å². The van der Waals surface area contributed by atoms with E-state index in [0.29, 0.717) is 13.0 Å². The summed E-state index contributed by atoms with van der Waals surface area (Å²) in [6.45, 7) is 0.329. The van der Waals surface area contributed by atoms with Gasteiger partial charge in [-0.05, 0) is 18.9 Å². The number of carbonyl (C=O) groups is 2. The van der Waals surface area contributed by atoms with E-state index in [4.69, 9.17) is 0 Å². The molecule has 86 valence electrons. The molecule has 1 amide bonds. The molecule has 0 N–H and O–H groups in total. The van der Waals surface area contributed by atoms with Crippen molar-refractivity contribution in [2.45, 2.75) is 25.8 Å². The molecule has 0 unspecified atom stereocenters. The quantitative estimate of drug-likeness (QED) is 0.749. The van der Waals surface area contributed by atoms with Crippen LogP contribution in [0.1, 0.15) is 28.9 Å². The van der Waals surface area contributed by atoms with Crippen molar-refractivity contribution in [2.24, 2.45) is 0 Å². The minimum Gasteiger partial charge on any atom is -0.347 e. The van der Waals surface area contributed by atoms with Crippen molar-refractivity contribution in [3.05, 3.63) is 23.5 Å². The maximum absolute atomic E-state index is 11.6. The van der Waals surface area contributed by atoms with Crippen molar-refractivity contribution in [1.82, 2.24) is 9.47 Å². The van der Waals surface area contributed by atoms with E-state index in [9.17, 15) is 9.59 Å². The molecule has 0 fully saturated rings. The van der Waals surface area contributed by atoms with Gasteiger partial charge in [-0.2, -0.15) is 0 Å². The highest BCUT2D eigenvalue weighted by Gasteiger charge is 2.21. The first-order valence-corrected chi connectivity index (χ1v) is 5.51. The van der Waals surface area contributed by atoms with Crippen molar-refractivity contribution in [1.29, 1.82) is 0 Å². The highest BCUT2D eigenvalue weighted by Crippen LogP contribution is 2.22. The molecule has 1 aliphatic carbocycles. The summed E-state index contributed by atoms with van der Waals surface area (Å²) >= 11 is 0. The average Bonchev–Trinajstić information content (AvgIpc) is 2.63. The van der Waals surface area contributed by atoms with Gasteiger partial charge in [0.1, 0.15) is 6.54 Å². The molecule has 1 aromatic rings. The SMILES string of the molecule is CN(C)C(=O)Cn1ccc2c1CCCC2=O. The van der Waals surface area contributed by atoms with Gasteiger partial charge in [0.2, 0.25) is 5.91 Å². The molecule has 0 saturated heterocycles. The molecule has 4 heteroatoms. The van der Waals surface area contributed by atoms with Gasteiger partial charge >= 0.3 is 0 Å². The van der Waals surface area contributed by atoms with Crippen LogP contribution in [0.5, 0.6) is 0 Å². The van der Waals surface area contributed by atoms with Crippen molar-refractivity contribution in [3.8, 4) is 0 Å². The Bertz CT molecular complexity index is 432. The highest BCUT2D eigenvalue weighted by molar-refractivity contribution is 5.98. The smallest absolute Gasteiger partial charge is 0.241 e. The molecule has 1 heterocycles. The monoisotopic (exact) mass is 220 g/mol. The van der Waals surface area contributed by atoms with Crippen LogP contribution in [0.25, 0.3) is 0 Å².